The molecule has 2 N–H and O–H groups in total. The summed E-state index contributed by atoms with van der Waals surface area (Å²) in [6.07, 6.45) is 0. The van der Waals surface area contributed by atoms with Gasteiger partial charge in [0.05, 0.1) is 16.3 Å². The Morgan fingerprint density at radius 1 is 1.24 bits per heavy atom. The highest BCUT2D eigenvalue weighted by molar-refractivity contribution is 7.17. The van der Waals surface area contributed by atoms with Crippen LogP contribution >= 0.6 is 11.3 Å². The number of rotatable bonds is 3. The Morgan fingerprint density at radius 3 is 2.76 bits per heavy atom. The molecule has 3 rings (SSSR count). The first kappa shape index (κ1) is 13.8. The summed E-state index contributed by atoms with van der Waals surface area (Å²) in [7, 11) is 0. The molecule has 0 radical (unpaired) electrons. The lowest BCUT2D eigenvalue weighted by atomic mass is 10.1. The first-order chi connectivity index (χ1) is 10.0. The van der Waals surface area contributed by atoms with Gasteiger partial charge in [0, 0.05) is 0 Å². The molecular weight excluding hydrogens is 294 g/mol. The molecule has 0 spiro atoms. The average Bonchev–Trinajstić information content (AvgIpc) is 3.02. The fourth-order valence-corrected chi connectivity index (χ4v) is 2.89. The molecule has 1 amide bonds. The van der Waals surface area contributed by atoms with Gasteiger partial charge >= 0.3 is 0 Å². The van der Waals surface area contributed by atoms with Gasteiger partial charge in [-0.3, -0.25) is 4.79 Å². The summed E-state index contributed by atoms with van der Waals surface area (Å²) in [5.41, 5.74) is 1.87. The largest absolute Gasteiger partial charge is 0.350 e. The highest BCUT2D eigenvalue weighted by Crippen LogP contribution is 2.22. The summed E-state index contributed by atoms with van der Waals surface area (Å²) < 4.78 is 27.1. The molecule has 0 unspecified atom stereocenters. The van der Waals surface area contributed by atoms with Gasteiger partial charge in [0.2, 0.25) is 0 Å². The molecule has 1 aromatic carbocycles. The molecule has 0 aliphatic rings. The summed E-state index contributed by atoms with van der Waals surface area (Å²) >= 11 is 1.54. The van der Waals surface area contributed by atoms with Gasteiger partial charge in [0.1, 0.15) is 5.69 Å². The van der Waals surface area contributed by atoms with E-state index in [0.717, 1.165) is 22.3 Å². The Labute approximate surface area is 123 Å². The number of amides is 1. The van der Waals surface area contributed by atoms with E-state index in [-0.39, 0.29) is 5.91 Å². The zero-order chi connectivity index (χ0) is 15.0. The number of hydrogen-bond acceptors (Lipinski definition) is 2. The molecule has 0 fully saturated rings. The van der Waals surface area contributed by atoms with Crippen molar-refractivity contribution in [3.63, 3.8) is 0 Å². The third-order valence-electron chi connectivity index (χ3n) is 3.28. The van der Waals surface area contributed by atoms with Crippen LogP contribution in [0.5, 0.6) is 0 Å². The highest BCUT2D eigenvalue weighted by atomic mass is 32.1. The van der Waals surface area contributed by atoms with Crippen molar-refractivity contribution in [2.45, 2.75) is 13.0 Å². The number of carbonyl (C=O) groups excluding carboxylic acids is 1. The van der Waals surface area contributed by atoms with Crippen LogP contribution in [0.2, 0.25) is 0 Å². The van der Waals surface area contributed by atoms with Gasteiger partial charge in [-0.15, -0.1) is 11.3 Å². The minimum atomic E-state index is -0.922. The zero-order valence-corrected chi connectivity index (χ0v) is 11.9. The Hall–Kier alpha value is -2.21. The van der Waals surface area contributed by atoms with Crippen LogP contribution in [0.3, 0.4) is 0 Å². The molecule has 0 aliphatic carbocycles. The molecule has 6 heteroatoms. The maximum atomic E-state index is 13.2. The first-order valence-electron chi connectivity index (χ1n) is 6.36. The standard InChI is InChI=1S/C15H12F2N2OS/c1-8(9-2-3-10(16)11(17)6-9)18-15(20)13-7-14-12(19-13)4-5-21-14/h2-8,19H,1H3,(H,18,20)/t8-/m0/s1. The number of hydrogen-bond donors (Lipinski definition) is 2. The minimum absolute atomic E-state index is 0.282. The smallest absolute Gasteiger partial charge is 0.268 e. The van der Waals surface area contributed by atoms with E-state index in [0.29, 0.717) is 11.3 Å². The summed E-state index contributed by atoms with van der Waals surface area (Å²) in [6, 6.07) is 6.85. The zero-order valence-electron chi connectivity index (χ0n) is 11.1. The molecule has 2 heterocycles. The van der Waals surface area contributed by atoms with Gasteiger partial charge in [-0.1, -0.05) is 6.07 Å². The van der Waals surface area contributed by atoms with Crippen molar-refractivity contribution in [2.75, 3.05) is 0 Å². The second kappa shape index (κ2) is 5.29. The Balaban J connectivity index is 1.77. The van der Waals surface area contributed by atoms with Crippen molar-refractivity contribution in [3.8, 4) is 0 Å². The number of thiophene rings is 1. The number of benzene rings is 1. The van der Waals surface area contributed by atoms with Gasteiger partial charge in [-0.25, -0.2) is 8.78 Å². The van der Waals surface area contributed by atoms with E-state index in [1.165, 1.54) is 6.07 Å². The number of aromatic nitrogens is 1. The number of fused-ring (bicyclic) bond motifs is 1. The topological polar surface area (TPSA) is 44.9 Å². The number of carbonyl (C=O) groups is 1. The van der Waals surface area contributed by atoms with Crippen LogP contribution in [0.1, 0.15) is 29.0 Å². The van der Waals surface area contributed by atoms with Crippen molar-refractivity contribution in [1.29, 1.82) is 0 Å². The van der Waals surface area contributed by atoms with Crippen molar-refractivity contribution in [2.24, 2.45) is 0 Å². The number of aromatic amines is 1. The maximum absolute atomic E-state index is 13.2. The van der Waals surface area contributed by atoms with E-state index in [4.69, 9.17) is 0 Å². The predicted octanol–water partition coefficient (Wildman–Crippen LogP) is 4.00. The molecule has 3 nitrogen and oxygen atoms in total. The molecular formula is C15H12F2N2OS. The summed E-state index contributed by atoms with van der Waals surface area (Å²) in [5.74, 6) is -2.11. The van der Waals surface area contributed by atoms with Crippen LogP contribution in [0.25, 0.3) is 10.2 Å². The Morgan fingerprint density at radius 2 is 2.05 bits per heavy atom. The SMILES string of the molecule is C[C@H](NC(=O)c1cc2sccc2[nH]1)c1ccc(F)c(F)c1. The monoisotopic (exact) mass is 306 g/mol. The highest BCUT2D eigenvalue weighted by Gasteiger charge is 2.15. The predicted molar refractivity (Wildman–Crippen MR) is 78.4 cm³/mol. The second-order valence-electron chi connectivity index (χ2n) is 4.75. The summed E-state index contributed by atoms with van der Waals surface area (Å²) in [6.45, 7) is 1.72. The van der Waals surface area contributed by atoms with Crippen LogP contribution in [0, 0.1) is 11.6 Å². The van der Waals surface area contributed by atoms with Gasteiger partial charge in [0.25, 0.3) is 5.91 Å². The number of nitrogens with one attached hydrogen (secondary N) is 2. The van der Waals surface area contributed by atoms with Crippen LogP contribution in [0.15, 0.2) is 35.7 Å². The summed E-state index contributed by atoms with van der Waals surface area (Å²) in [4.78, 5) is 15.2. The van der Waals surface area contributed by atoms with E-state index in [1.807, 2.05) is 11.4 Å². The molecule has 0 bridgehead atoms. The van der Waals surface area contributed by atoms with E-state index in [9.17, 15) is 13.6 Å². The maximum Gasteiger partial charge on any atom is 0.268 e. The van der Waals surface area contributed by atoms with E-state index < -0.39 is 17.7 Å². The molecule has 2 aromatic heterocycles. The molecule has 0 aliphatic heterocycles. The van der Waals surface area contributed by atoms with E-state index in [2.05, 4.69) is 10.3 Å². The molecule has 21 heavy (non-hydrogen) atoms. The van der Waals surface area contributed by atoms with Crippen molar-refractivity contribution in [3.05, 3.63) is 58.6 Å². The minimum Gasteiger partial charge on any atom is -0.350 e. The van der Waals surface area contributed by atoms with Crippen LogP contribution in [-0.4, -0.2) is 10.9 Å². The van der Waals surface area contributed by atoms with Crippen LogP contribution in [0.4, 0.5) is 8.78 Å². The summed E-state index contributed by atoms with van der Waals surface area (Å²) in [5, 5.41) is 4.69. The van der Waals surface area contributed by atoms with E-state index in [1.54, 1.807) is 24.3 Å². The van der Waals surface area contributed by atoms with Crippen LogP contribution < -0.4 is 5.32 Å². The fraction of sp³-hybridized carbons (Fsp3) is 0.133. The van der Waals surface area contributed by atoms with Gasteiger partial charge in [-0.05, 0) is 42.1 Å². The quantitative estimate of drug-likeness (QED) is 0.755. The lowest BCUT2D eigenvalue weighted by molar-refractivity contribution is 0.0935. The molecule has 0 saturated carbocycles. The van der Waals surface area contributed by atoms with Crippen molar-refractivity contribution < 1.29 is 13.6 Å². The number of H-pyrrole nitrogens is 1. The molecule has 108 valence electrons. The van der Waals surface area contributed by atoms with E-state index >= 15 is 0 Å². The van der Waals surface area contributed by atoms with Gasteiger partial charge < -0.3 is 10.3 Å². The normalized spacial score (nSPS) is 12.5. The lowest BCUT2D eigenvalue weighted by Crippen LogP contribution is -2.27. The lowest BCUT2D eigenvalue weighted by Gasteiger charge is -2.14. The third kappa shape index (κ3) is 2.67. The van der Waals surface area contributed by atoms with Crippen molar-refractivity contribution in [1.82, 2.24) is 10.3 Å². The Bertz CT molecular complexity index is 780. The molecule has 1 atom stereocenters. The van der Waals surface area contributed by atoms with Gasteiger partial charge in [-0.2, -0.15) is 0 Å². The molecule has 3 aromatic rings. The average molecular weight is 306 g/mol. The second-order valence-corrected chi connectivity index (χ2v) is 5.70. The van der Waals surface area contributed by atoms with Gasteiger partial charge in [0.15, 0.2) is 11.6 Å². The third-order valence-corrected chi connectivity index (χ3v) is 4.14. The van der Waals surface area contributed by atoms with Crippen molar-refractivity contribution >= 4 is 27.5 Å². The first-order valence-corrected chi connectivity index (χ1v) is 7.24. The number of halogens is 2. The Kier molecular flexibility index (Phi) is 3.47. The fourth-order valence-electron chi connectivity index (χ4n) is 2.11. The van der Waals surface area contributed by atoms with Crippen LogP contribution in [-0.2, 0) is 0 Å². The molecule has 0 saturated heterocycles.